The topological polar surface area (TPSA) is 92.7 Å². The average molecular weight is 370 g/mol. The van der Waals surface area contributed by atoms with Crippen molar-refractivity contribution in [3.05, 3.63) is 47.5 Å². The largest absolute Gasteiger partial charge is 0.479 e. The minimum atomic E-state index is -3.53. The first-order valence-corrected chi connectivity index (χ1v) is 8.83. The quantitative estimate of drug-likeness (QED) is 0.816. The minimum absolute atomic E-state index is 0.122. The first-order valence-electron chi connectivity index (χ1n) is 6.97. The van der Waals surface area contributed by atoms with E-state index in [1.807, 2.05) is 0 Å². The van der Waals surface area contributed by atoms with Crippen LogP contribution in [0.3, 0.4) is 0 Å². The van der Waals surface area contributed by atoms with Crippen LogP contribution in [0.1, 0.15) is 6.92 Å². The molecule has 0 aliphatic rings. The molecule has 6 nitrogen and oxygen atoms in total. The van der Waals surface area contributed by atoms with Crippen molar-refractivity contribution in [3.63, 3.8) is 0 Å². The molecule has 2 aromatic rings. The Balaban J connectivity index is 2.44. The Bertz CT molecular complexity index is 849. The Labute approximate surface area is 145 Å². The molecule has 128 valence electrons. The Kier molecular flexibility index (Phi) is 5.48. The lowest BCUT2D eigenvalue weighted by molar-refractivity contribution is -0.144. The van der Waals surface area contributed by atoms with Crippen molar-refractivity contribution in [1.29, 1.82) is 0 Å². The lowest BCUT2D eigenvalue weighted by Gasteiger charge is -2.15. The molecule has 0 saturated carbocycles. The van der Waals surface area contributed by atoms with E-state index in [9.17, 15) is 13.2 Å². The van der Waals surface area contributed by atoms with Gasteiger partial charge in [-0.1, -0.05) is 23.7 Å². The second kappa shape index (κ2) is 7.21. The highest BCUT2D eigenvalue weighted by Gasteiger charge is 2.17. The fourth-order valence-corrected chi connectivity index (χ4v) is 2.91. The summed E-state index contributed by atoms with van der Waals surface area (Å²) in [4.78, 5) is 11.1. The standard InChI is InChI=1S/C16H16ClNO5S/c1-10(16(19)20)23-15-8-5-12(17)9-14(15)11-3-6-13(7-4-11)24(21,22)18-2/h3-10,18H,1-2H3,(H,19,20)/t10-/m0/s1. The number of halogens is 1. The zero-order chi connectivity index (χ0) is 17.9. The summed E-state index contributed by atoms with van der Waals surface area (Å²) in [5.41, 5.74) is 1.23. The Hall–Kier alpha value is -2.09. The first kappa shape index (κ1) is 18.3. The molecule has 0 aromatic heterocycles. The Morgan fingerprint density at radius 2 is 1.83 bits per heavy atom. The molecule has 0 spiro atoms. The monoisotopic (exact) mass is 369 g/mol. The number of sulfonamides is 1. The van der Waals surface area contributed by atoms with Gasteiger partial charge in [-0.25, -0.2) is 17.9 Å². The molecule has 0 unspecified atom stereocenters. The summed E-state index contributed by atoms with van der Waals surface area (Å²) in [7, 11) is -2.20. The predicted octanol–water partition coefficient (Wildman–Crippen LogP) is 2.77. The van der Waals surface area contributed by atoms with Gasteiger partial charge in [0.25, 0.3) is 0 Å². The molecular weight excluding hydrogens is 354 g/mol. The van der Waals surface area contributed by atoms with E-state index >= 15 is 0 Å². The van der Waals surface area contributed by atoms with Crippen LogP contribution in [0.25, 0.3) is 11.1 Å². The Morgan fingerprint density at radius 1 is 1.21 bits per heavy atom. The number of rotatable bonds is 6. The van der Waals surface area contributed by atoms with Gasteiger partial charge >= 0.3 is 5.97 Å². The maximum atomic E-state index is 11.8. The molecule has 24 heavy (non-hydrogen) atoms. The number of carboxylic acids is 1. The van der Waals surface area contributed by atoms with Crippen molar-refractivity contribution >= 4 is 27.6 Å². The number of aliphatic carboxylic acids is 1. The van der Waals surface area contributed by atoms with E-state index in [0.717, 1.165) is 0 Å². The van der Waals surface area contributed by atoms with Crippen molar-refractivity contribution in [1.82, 2.24) is 4.72 Å². The SMILES string of the molecule is CNS(=O)(=O)c1ccc(-c2cc(Cl)ccc2O[C@@H](C)C(=O)O)cc1. The van der Waals surface area contributed by atoms with E-state index in [4.69, 9.17) is 21.4 Å². The molecule has 0 radical (unpaired) electrons. The summed E-state index contributed by atoms with van der Waals surface area (Å²) in [6, 6.07) is 10.9. The Morgan fingerprint density at radius 3 is 2.38 bits per heavy atom. The molecule has 0 bridgehead atoms. The normalized spacial score (nSPS) is 12.6. The molecule has 2 aromatic carbocycles. The molecule has 0 amide bonds. The van der Waals surface area contributed by atoms with E-state index in [2.05, 4.69) is 4.72 Å². The van der Waals surface area contributed by atoms with Gasteiger partial charge in [-0.2, -0.15) is 0 Å². The van der Waals surface area contributed by atoms with Crippen LogP contribution >= 0.6 is 11.6 Å². The number of ether oxygens (including phenoxy) is 1. The molecule has 0 saturated heterocycles. The fraction of sp³-hybridized carbons (Fsp3) is 0.188. The second-order valence-electron chi connectivity index (χ2n) is 4.97. The smallest absolute Gasteiger partial charge is 0.344 e. The zero-order valence-electron chi connectivity index (χ0n) is 13.0. The van der Waals surface area contributed by atoms with Gasteiger partial charge in [-0.3, -0.25) is 0 Å². The molecule has 0 aliphatic carbocycles. The molecule has 2 rings (SSSR count). The third-order valence-corrected chi connectivity index (χ3v) is 5.00. The maximum absolute atomic E-state index is 11.8. The summed E-state index contributed by atoms with van der Waals surface area (Å²) in [6.45, 7) is 1.42. The molecule has 0 heterocycles. The van der Waals surface area contributed by atoms with Crippen LogP contribution in [0.4, 0.5) is 0 Å². The molecule has 0 aliphatic heterocycles. The van der Waals surface area contributed by atoms with Gasteiger partial charge in [-0.15, -0.1) is 0 Å². The van der Waals surface area contributed by atoms with Gasteiger partial charge in [0, 0.05) is 10.6 Å². The van der Waals surface area contributed by atoms with E-state index in [1.165, 1.54) is 26.1 Å². The number of carboxylic acid groups (broad SMARTS) is 1. The van der Waals surface area contributed by atoms with Gasteiger partial charge in [0.2, 0.25) is 10.0 Å². The minimum Gasteiger partial charge on any atom is -0.479 e. The number of nitrogens with one attached hydrogen (secondary N) is 1. The number of hydrogen-bond donors (Lipinski definition) is 2. The molecule has 8 heteroatoms. The summed E-state index contributed by atoms with van der Waals surface area (Å²) >= 11 is 6.01. The molecular formula is C16H16ClNO5S. The predicted molar refractivity (Wildman–Crippen MR) is 90.9 cm³/mol. The lowest BCUT2D eigenvalue weighted by atomic mass is 10.0. The van der Waals surface area contributed by atoms with Crippen molar-refractivity contribution in [2.24, 2.45) is 0 Å². The summed E-state index contributed by atoms with van der Waals surface area (Å²) in [5.74, 6) is -0.745. The maximum Gasteiger partial charge on any atom is 0.344 e. The van der Waals surface area contributed by atoms with Crippen molar-refractivity contribution in [3.8, 4) is 16.9 Å². The number of carbonyl (C=O) groups is 1. The highest BCUT2D eigenvalue weighted by molar-refractivity contribution is 7.89. The summed E-state index contributed by atoms with van der Waals surface area (Å²) in [6.07, 6.45) is -1.03. The molecule has 2 N–H and O–H groups in total. The van der Waals surface area contributed by atoms with Gasteiger partial charge < -0.3 is 9.84 Å². The first-order chi connectivity index (χ1) is 11.2. The fourth-order valence-electron chi connectivity index (χ4n) is 2.00. The number of benzene rings is 2. The van der Waals surface area contributed by atoms with E-state index in [0.29, 0.717) is 21.9 Å². The van der Waals surface area contributed by atoms with Crippen LogP contribution in [-0.2, 0) is 14.8 Å². The van der Waals surface area contributed by atoms with Crippen LogP contribution in [0.15, 0.2) is 47.4 Å². The third kappa shape index (κ3) is 4.05. The lowest BCUT2D eigenvalue weighted by Crippen LogP contribution is -2.23. The van der Waals surface area contributed by atoms with E-state index < -0.39 is 22.1 Å². The highest BCUT2D eigenvalue weighted by Crippen LogP contribution is 2.33. The zero-order valence-corrected chi connectivity index (χ0v) is 14.6. The van der Waals surface area contributed by atoms with Gasteiger partial charge in [0.05, 0.1) is 4.90 Å². The van der Waals surface area contributed by atoms with E-state index in [-0.39, 0.29) is 4.90 Å². The highest BCUT2D eigenvalue weighted by atomic mass is 35.5. The van der Waals surface area contributed by atoms with Crippen molar-refractivity contribution in [2.45, 2.75) is 17.9 Å². The van der Waals surface area contributed by atoms with Gasteiger partial charge in [-0.05, 0) is 49.9 Å². The van der Waals surface area contributed by atoms with Crippen LogP contribution in [0.5, 0.6) is 5.75 Å². The average Bonchev–Trinajstić information content (AvgIpc) is 2.56. The van der Waals surface area contributed by atoms with Crippen molar-refractivity contribution in [2.75, 3.05) is 7.05 Å². The van der Waals surface area contributed by atoms with E-state index in [1.54, 1.807) is 30.3 Å². The number of hydrogen-bond acceptors (Lipinski definition) is 4. The van der Waals surface area contributed by atoms with Gasteiger partial charge in [0.15, 0.2) is 6.10 Å². The van der Waals surface area contributed by atoms with Crippen LogP contribution in [0, 0.1) is 0 Å². The second-order valence-corrected chi connectivity index (χ2v) is 7.29. The summed E-state index contributed by atoms with van der Waals surface area (Å²) in [5, 5.41) is 9.44. The van der Waals surface area contributed by atoms with Crippen molar-refractivity contribution < 1.29 is 23.1 Å². The molecule has 0 fully saturated rings. The van der Waals surface area contributed by atoms with Crippen LogP contribution in [0.2, 0.25) is 5.02 Å². The van der Waals surface area contributed by atoms with Crippen LogP contribution < -0.4 is 9.46 Å². The van der Waals surface area contributed by atoms with Gasteiger partial charge in [0.1, 0.15) is 5.75 Å². The van der Waals surface area contributed by atoms with Crippen LogP contribution in [-0.4, -0.2) is 32.6 Å². The summed E-state index contributed by atoms with van der Waals surface area (Å²) < 4.78 is 31.2. The third-order valence-electron chi connectivity index (χ3n) is 3.34. The molecule has 1 atom stereocenters.